The van der Waals surface area contributed by atoms with Crippen molar-refractivity contribution in [3.05, 3.63) is 42.0 Å². The Labute approximate surface area is 153 Å². The van der Waals surface area contributed by atoms with Crippen LogP contribution >= 0.6 is 0 Å². The van der Waals surface area contributed by atoms with E-state index in [4.69, 9.17) is 18.9 Å². The molecule has 0 spiro atoms. The maximum Gasteiger partial charge on any atom is 0.235 e. The normalized spacial score (nSPS) is 14.3. The van der Waals surface area contributed by atoms with Crippen LogP contribution in [0, 0.1) is 0 Å². The van der Waals surface area contributed by atoms with Gasteiger partial charge in [0.1, 0.15) is 5.75 Å². The Kier molecular flexibility index (Phi) is 4.93. The Balaban J connectivity index is 1.85. The van der Waals surface area contributed by atoms with Crippen LogP contribution in [0.5, 0.6) is 23.0 Å². The van der Waals surface area contributed by atoms with Gasteiger partial charge >= 0.3 is 0 Å². The van der Waals surface area contributed by atoms with Gasteiger partial charge in [0.2, 0.25) is 11.7 Å². The summed E-state index contributed by atoms with van der Waals surface area (Å²) >= 11 is 0. The summed E-state index contributed by atoms with van der Waals surface area (Å²) in [7, 11) is 6.26. The van der Waals surface area contributed by atoms with Crippen LogP contribution in [0.3, 0.4) is 0 Å². The molecule has 3 rings (SSSR count). The topological polar surface area (TPSA) is 66.0 Å². The molecule has 2 aromatic rings. The molecule has 0 aliphatic heterocycles. The molecule has 0 unspecified atom stereocenters. The van der Waals surface area contributed by atoms with E-state index >= 15 is 0 Å². The summed E-state index contributed by atoms with van der Waals surface area (Å²) in [5.74, 6) is 2.21. The number of hydrogen-bond acceptors (Lipinski definition) is 5. The van der Waals surface area contributed by atoms with E-state index in [0.29, 0.717) is 22.9 Å². The molecular formula is C20H23NO5. The fraction of sp³-hybridized carbons (Fsp3) is 0.350. The smallest absolute Gasteiger partial charge is 0.235 e. The fourth-order valence-electron chi connectivity index (χ4n) is 3.09. The maximum atomic E-state index is 13.0. The Bertz CT molecular complexity index is 771. The summed E-state index contributed by atoms with van der Waals surface area (Å²) in [6.45, 7) is 0. The number of amides is 1. The van der Waals surface area contributed by atoms with E-state index in [-0.39, 0.29) is 5.91 Å². The van der Waals surface area contributed by atoms with Gasteiger partial charge in [-0.05, 0) is 30.5 Å². The zero-order chi connectivity index (χ0) is 18.7. The minimum Gasteiger partial charge on any atom is -0.497 e. The van der Waals surface area contributed by atoms with E-state index in [2.05, 4.69) is 5.32 Å². The van der Waals surface area contributed by atoms with Crippen molar-refractivity contribution >= 4 is 11.6 Å². The highest BCUT2D eigenvalue weighted by Gasteiger charge is 2.51. The van der Waals surface area contributed by atoms with Crippen LogP contribution in [0.2, 0.25) is 0 Å². The monoisotopic (exact) mass is 357 g/mol. The van der Waals surface area contributed by atoms with Crippen LogP contribution < -0.4 is 24.3 Å². The number of hydrogen-bond donors (Lipinski definition) is 1. The van der Waals surface area contributed by atoms with Crippen LogP contribution in [0.4, 0.5) is 5.69 Å². The molecule has 1 fully saturated rings. The number of ether oxygens (including phenoxy) is 4. The number of nitrogens with one attached hydrogen (secondary N) is 1. The largest absolute Gasteiger partial charge is 0.497 e. The van der Waals surface area contributed by atoms with Crippen molar-refractivity contribution in [2.24, 2.45) is 0 Å². The zero-order valence-corrected chi connectivity index (χ0v) is 15.4. The molecule has 2 aromatic carbocycles. The van der Waals surface area contributed by atoms with Crippen molar-refractivity contribution in [3.63, 3.8) is 0 Å². The third-order valence-corrected chi connectivity index (χ3v) is 4.75. The number of anilines is 1. The van der Waals surface area contributed by atoms with Gasteiger partial charge in [-0.2, -0.15) is 0 Å². The van der Waals surface area contributed by atoms with Crippen molar-refractivity contribution < 1.29 is 23.7 Å². The van der Waals surface area contributed by atoms with E-state index in [1.165, 1.54) is 0 Å². The van der Waals surface area contributed by atoms with Crippen molar-refractivity contribution in [2.75, 3.05) is 33.8 Å². The lowest BCUT2D eigenvalue weighted by Crippen LogP contribution is -2.27. The summed E-state index contributed by atoms with van der Waals surface area (Å²) in [4.78, 5) is 13.0. The second-order valence-electron chi connectivity index (χ2n) is 6.18. The number of rotatable bonds is 7. The summed E-state index contributed by atoms with van der Waals surface area (Å²) in [5.41, 5.74) is 1.10. The molecule has 26 heavy (non-hydrogen) atoms. The Morgan fingerprint density at radius 1 is 0.885 bits per heavy atom. The Morgan fingerprint density at radius 3 is 1.88 bits per heavy atom. The lowest BCUT2D eigenvalue weighted by Gasteiger charge is -2.18. The SMILES string of the molecule is COc1ccc(C2(C(=O)Nc3cc(OC)c(OC)c(OC)c3)CC2)cc1. The van der Waals surface area contributed by atoms with E-state index in [1.54, 1.807) is 40.6 Å². The minimum absolute atomic E-state index is 0.0445. The molecule has 138 valence electrons. The molecule has 0 radical (unpaired) electrons. The summed E-state index contributed by atoms with van der Waals surface area (Å²) in [6.07, 6.45) is 1.63. The van der Waals surface area contributed by atoms with Crippen molar-refractivity contribution in [3.8, 4) is 23.0 Å². The van der Waals surface area contributed by atoms with Gasteiger partial charge in [-0.15, -0.1) is 0 Å². The van der Waals surface area contributed by atoms with E-state index in [1.807, 2.05) is 24.3 Å². The summed E-state index contributed by atoms with van der Waals surface area (Å²) in [5, 5.41) is 2.99. The molecule has 6 heteroatoms. The van der Waals surface area contributed by atoms with Crippen LogP contribution in [0.15, 0.2) is 36.4 Å². The first kappa shape index (κ1) is 17.9. The second-order valence-corrected chi connectivity index (χ2v) is 6.18. The molecule has 1 aliphatic carbocycles. The molecule has 6 nitrogen and oxygen atoms in total. The van der Waals surface area contributed by atoms with Crippen LogP contribution in [0.25, 0.3) is 0 Å². The molecule has 1 amide bonds. The van der Waals surface area contributed by atoms with Gasteiger partial charge < -0.3 is 24.3 Å². The molecular weight excluding hydrogens is 334 g/mol. The van der Waals surface area contributed by atoms with Gasteiger partial charge in [0.05, 0.1) is 33.9 Å². The molecule has 0 bridgehead atoms. The van der Waals surface area contributed by atoms with Crippen LogP contribution in [-0.2, 0) is 10.2 Å². The van der Waals surface area contributed by atoms with Crippen molar-refractivity contribution in [1.29, 1.82) is 0 Å². The quantitative estimate of drug-likeness (QED) is 0.823. The predicted molar refractivity (Wildman–Crippen MR) is 98.6 cm³/mol. The fourth-order valence-corrected chi connectivity index (χ4v) is 3.09. The first-order valence-corrected chi connectivity index (χ1v) is 8.34. The summed E-state index contributed by atoms with van der Waals surface area (Å²) < 4.78 is 21.2. The van der Waals surface area contributed by atoms with Crippen LogP contribution in [0.1, 0.15) is 18.4 Å². The highest BCUT2D eigenvalue weighted by molar-refractivity contribution is 6.01. The highest BCUT2D eigenvalue weighted by atomic mass is 16.5. The molecule has 0 aromatic heterocycles. The van der Waals surface area contributed by atoms with E-state index in [9.17, 15) is 4.79 Å². The van der Waals surface area contributed by atoms with Gasteiger partial charge in [-0.1, -0.05) is 12.1 Å². The third-order valence-electron chi connectivity index (χ3n) is 4.75. The average molecular weight is 357 g/mol. The standard InChI is InChI=1S/C20H23NO5/c1-23-15-7-5-13(6-8-15)20(9-10-20)19(22)21-14-11-16(24-2)18(26-4)17(12-14)25-3/h5-8,11-12H,9-10H2,1-4H3,(H,21,22). The van der Waals surface area contributed by atoms with E-state index < -0.39 is 5.41 Å². The molecule has 0 saturated heterocycles. The zero-order valence-electron chi connectivity index (χ0n) is 15.4. The van der Waals surface area contributed by atoms with Crippen molar-refractivity contribution in [1.82, 2.24) is 0 Å². The minimum atomic E-state index is -0.493. The molecule has 1 aliphatic rings. The number of carbonyl (C=O) groups is 1. The number of carbonyl (C=O) groups excluding carboxylic acids is 1. The molecule has 0 heterocycles. The number of benzene rings is 2. The maximum absolute atomic E-state index is 13.0. The first-order chi connectivity index (χ1) is 12.6. The second kappa shape index (κ2) is 7.15. The Morgan fingerprint density at radius 2 is 1.46 bits per heavy atom. The summed E-state index contributed by atoms with van der Waals surface area (Å²) in [6, 6.07) is 11.1. The lowest BCUT2D eigenvalue weighted by atomic mass is 9.94. The number of methoxy groups -OCH3 is 4. The van der Waals surface area contributed by atoms with Crippen LogP contribution in [-0.4, -0.2) is 34.3 Å². The lowest BCUT2D eigenvalue weighted by molar-refractivity contribution is -0.118. The molecule has 0 atom stereocenters. The third kappa shape index (κ3) is 3.14. The highest BCUT2D eigenvalue weighted by Crippen LogP contribution is 2.49. The van der Waals surface area contributed by atoms with Gasteiger partial charge in [0.25, 0.3) is 0 Å². The first-order valence-electron chi connectivity index (χ1n) is 8.34. The predicted octanol–water partition coefficient (Wildman–Crippen LogP) is 3.39. The van der Waals surface area contributed by atoms with Gasteiger partial charge in [-0.25, -0.2) is 0 Å². The molecule has 1 N–H and O–H groups in total. The van der Waals surface area contributed by atoms with Gasteiger partial charge in [0.15, 0.2) is 11.5 Å². The molecule has 1 saturated carbocycles. The van der Waals surface area contributed by atoms with E-state index in [0.717, 1.165) is 24.2 Å². The average Bonchev–Trinajstić information content (AvgIpc) is 3.49. The van der Waals surface area contributed by atoms with Crippen molar-refractivity contribution in [2.45, 2.75) is 18.3 Å². The Hall–Kier alpha value is -2.89. The van der Waals surface area contributed by atoms with Gasteiger partial charge in [0, 0.05) is 17.8 Å². The van der Waals surface area contributed by atoms with Gasteiger partial charge in [-0.3, -0.25) is 4.79 Å².